The highest BCUT2D eigenvalue weighted by atomic mass is 127. The molecule has 0 aromatic heterocycles. The van der Waals surface area contributed by atoms with E-state index in [0.29, 0.717) is 5.56 Å². The summed E-state index contributed by atoms with van der Waals surface area (Å²) >= 11 is 5.90. The Balaban J connectivity index is 2.20. The molecule has 2 aromatic carbocycles. The van der Waals surface area contributed by atoms with Gasteiger partial charge in [-0.3, -0.25) is 14.9 Å². The maximum Gasteiger partial charge on any atom is 0.414 e. The molecule has 0 aliphatic rings. The van der Waals surface area contributed by atoms with Gasteiger partial charge in [0.05, 0.1) is 12.4 Å². The van der Waals surface area contributed by atoms with Crippen molar-refractivity contribution in [2.75, 3.05) is 19.5 Å². The second kappa shape index (κ2) is 12.5. The molecule has 0 aliphatic heterocycles. The molecular formula is C21H22INO7S. The molecule has 0 spiro atoms. The molecule has 2 atom stereocenters. The highest BCUT2D eigenvalue weighted by molar-refractivity contribution is 14.1. The number of esters is 1. The first-order valence-corrected chi connectivity index (χ1v) is 10.9. The van der Waals surface area contributed by atoms with Gasteiger partial charge in [0.25, 0.3) is 5.91 Å². The molecule has 2 amide bonds. The van der Waals surface area contributed by atoms with Crippen LogP contribution in [0.25, 0.3) is 0 Å². The zero-order valence-electron chi connectivity index (χ0n) is 16.6. The quantitative estimate of drug-likeness (QED) is 0.245. The number of alkyl carbamates (subject to hydrolysis) is 1. The highest BCUT2D eigenvalue weighted by Gasteiger charge is 2.30. The Hall–Kier alpha value is -2.31. The average Bonchev–Trinajstić information content (AvgIpc) is 2.77. The van der Waals surface area contributed by atoms with Crippen molar-refractivity contribution in [2.24, 2.45) is 0 Å². The van der Waals surface area contributed by atoms with Gasteiger partial charge in [-0.25, -0.2) is 4.79 Å². The largest absolute Gasteiger partial charge is 0.508 e. The molecule has 0 fully saturated rings. The van der Waals surface area contributed by atoms with Gasteiger partial charge in [0.15, 0.2) is 6.10 Å². The fraction of sp³-hybridized carbons (Fsp3) is 0.286. The Bertz CT molecular complexity index is 910. The fourth-order valence-electron chi connectivity index (χ4n) is 2.72. The second-order valence-electron chi connectivity index (χ2n) is 6.29. The normalized spacial score (nSPS) is 12.5. The van der Waals surface area contributed by atoms with Crippen molar-refractivity contribution in [1.82, 2.24) is 5.32 Å². The standard InChI is InChI=1S/C21H22INO7S/c1-28-17(9-10-29-18(25)12-31)19(15-11-14(22)7-8-16(15)24)30-21(27)23-20(26)13-5-3-2-4-6-13/h2-8,11,17,19,24,31H,9-10,12H2,1H3,(H,23,26,27)/t17-,19-/m0/s1. The second-order valence-corrected chi connectivity index (χ2v) is 7.85. The lowest BCUT2D eigenvalue weighted by Gasteiger charge is -2.27. The number of ether oxygens (including phenoxy) is 3. The highest BCUT2D eigenvalue weighted by Crippen LogP contribution is 2.33. The molecule has 0 aliphatic carbocycles. The number of benzene rings is 2. The molecule has 2 N–H and O–H groups in total. The van der Waals surface area contributed by atoms with E-state index in [1.807, 2.05) is 0 Å². The number of methoxy groups -OCH3 is 1. The first-order valence-electron chi connectivity index (χ1n) is 9.20. The Kier molecular flexibility index (Phi) is 10.1. The summed E-state index contributed by atoms with van der Waals surface area (Å²) in [5.41, 5.74) is 0.580. The number of amides is 2. The third-order valence-corrected chi connectivity index (χ3v) is 5.15. The summed E-state index contributed by atoms with van der Waals surface area (Å²) in [6.07, 6.45) is -2.68. The van der Waals surface area contributed by atoms with Crippen LogP contribution >= 0.6 is 35.2 Å². The van der Waals surface area contributed by atoms with Gasteiger partial charge in [-0.2, -0.15) is 12.6 Å². The van der Waals surface area contributed by atoms with Gasteiger partial charge in [-0.1, -0.05) is 18.2 Å². The summed E-state index contributed by atoms with van der Waals surface area (Å²) in [4.78, 5) is 36.1. The van der Waals surface area contributed by atoms with Gasteiger partial charge in [0, 0.05) is 28.2 Å². The van der Waals surface area contributed by atoms with Crippen LogP contribution in [0.4, 0.5) is 4.79 Å². The smallest absolute Gasteiger partial charge is 0.414 e. The van der Waals surface area contributed by atoms with Gasteiger partial charge in [0.2, 0.25) is 0 Å². The van der Waals surface area contributed by atoms with E-state index in [2.05, 4.69) is 40.5 Å². The molecule has 0 saturated heterocycles. The maximum absolute atomic E-state index is 12.5. The van der Waals surface area contributed by atoms with Gasteiger partial charge < -0.3 is 19.3 Å². The molecule has 8 nitrogen and oxygen atoms in total. The van der Waals surface area contributed by atoms with Crippen molar-refractivity contribution in [2.45, 2.75) is 18.6 Å². The lowest BCUT2D eigenvalue weighted by atomic mass is 10.0. The number of carbonyl (C=O) groups is 3. The molecule has 31 heavy (non-hydrogen) atoms. The minimum Gasteiger partial charge on any atom is -0.508 e. The number of rotatable bonds is 9. The molecule has 0 saturated carbocycles. The van der Waals surface area contributed by atoms with E-state index in [9.17, 15) is 19.5 Å². The minimum absolute atomic E-state index is 0.00693. The van der Waals surface area contributed by atoms with Gasteiger partial charge in [-0.15, -0.1) is 0 Å². The lowest BCUT2D eigenvalue weighted by Crippen LogP contribution is -2.35. The van der Waals surface area contributed by atoms with Gasteiger partial charge in [-0.05, 0) is 52.9 Å². The molecule has 0 unspecified atom stereocenters. The van der Waals surface area contributed by atoms with Crippen molar-refractivity contribution in [3.05, 3.63) is 63.2 Å². The number of phenolic OH excluding ortho intramolecular Hbond substituents is 1. The topological polar surface area (TPSA) is 111 Å². The molecule has 166 valence electrons. The van der Waals surface area contributed by atoms with Crippen LogP contribution in [0.2, 0.25) is 0 Å². The van der Waals surface area contributed by atoms with Crippen LogP contribution in [0.1, 0.15) is 28.4 Å². The van der Waals surface area contributed by atoms with Crippen LogP contribution in [-0.2, 0) is 19.0 Å². The van der Waals surface area contributed by atoms with Crippen molar-refractivity contribution >= 4 is 53.2 Å². The number of thiol groups is 1. The summed E-state index contributed by atoms with van der Waals surface area (Å²) in [6.45, 7) is -0.00693. The molecule has 10 heteroatoms. The van der Waals surface area contributed by atoms with Crippen LogP contribution in [0.5, 0.6) is 5.75 Å². The summed E-state index contributed by atoms with van der Waals surface area (Å²) in [6, 6.07) is 13.0. The Morgan fingerprint density at radius 1 is 1.16 bits per heavy atom. The van der Waals surface area contributed by atoms with E-state index in [-0.39, 0.29) is 30.1 Å². The van der Waals surface area contributed by atoms with E-state index >= 15 is 0 Å². The molecular weight excluding hydrogens is 537 g/mol. The Morgan fingerprint density at radius 3 is 2.52 bits per heavy atom. The predicted molar refractivity (Wildman–Crippen MR) is 124 cm³/mol. The Morgan fingerprint density at radius 2 is 1.87 bits per heavy atom. The molecule has 0 radical (unpaired) electrons. The summed E-state index contributed by atoms with van der Waals surface area (Å²) in [5, 5.41) is 12.5. The van der Waals surface area contributed by atoms with Gasteiger partial charge in [0.1, 0.15) is 11.9 Å². The van der Waals surface area contributed by atoms with E-state index < -0.39 is 30.2 Å². The Labute approximate surface area is 198 Å². The van der Waals surface area contributed by atoms with Crippen molar-refractivity contribution < 1.29 is 33.7 Å². The molecule has 0 bridgehead atoms. The number of halogens is 1. The predicted octanol–water partition coefficient (Wildman–Crippen LogP) is 3.48. The molecule has 2 rings (SSSR count). The van der Waals surface area contributed by atoms with Crippen LogP contribution in [0.3, 0.4) is 0 Å². The monoisotopic (exact) mass is 559 g/mol. The molecule has 2 aromatic rings. The number of imide groups is 1. The minimum atomic E-state index is -1.07. The maximum atomic E-state index is 12.5. The number of nitrogens with one attached hydrogen (secondary N) is 1. The van der Waals surface area contributed by atoms with Crippen molar-refractivity contribution in [3.63, 3.8) is 0 Å². The van der Waals surface area contributed by atoms with E-state index in [1.165, 1.54) is 13.2 Å². The van der Waals surface area contributed by atoms with E-state index in [4.69, 9.17) is 14.2 Å². The summed E-state index contributed by atoms with van der Waals surface area (Å²) in [5.74, 6) is -1.31. The number of hydrogen-bond acceptors (Lipinski definition) is 8. The van der Waals surface area contributed by atoms with Crippen LogP contribution in [0, 0.1) is 3.57 Å². The van der Waals surface area contributed by atoms with Crippen LogP contribution in [0.15, 0.2) is 48.5 Å². The van der Waals surface area contributed by atoms with E-state index in [1.54, 1.807) is 42.5 Å². The first kappa shape index (κ1) is 25.0. The summed E-state index contributed by atoms with van der Waals surface area (Å²) < 4.78 is 16.7. The number of carbonyl (C=O) groups excluding carboxylic acids is 3. The first-order chi connectivity index (χ1) is 14.8. The zero-order chi connectivity index (χ0) is 22.8. The van der Waals surface area contributed by atoms with Crippen molar-refractivity contribution in [1.29, 1.82) is 0 Å². The third kappa shape index (κ3) is 7.71. The van der Waals surface area contributed by atoms with Crippen molar-refractivity contribution in [3.8, 4) is 5.75 Å². The van der Waals surface area contributed by atoms with Crippen LogP contribution in [-0.4, -0.2) is 48.6 Å². The number of hydrogen-bond donors (Lipinski definition) is 3. The fourth-order valence-corrected chi connectivity index (χ4v) is 3.33. The lowest BCUT2D eigenvalue weighted by molar-refractivity contribution is -0.141. The molecule has 0 heterocycles. The zero-order valence-corrected chi connectivity index (χ0v) is 19.7. The van der Waals surface area contributed by atoms with Crippen LogP contribution < -0.4 is 5.32 Å². The summed E-state index contributed by atoms with van der Waals surface area (Å²) in [7, 11) is 1.40. The third-order valence-electron chi connectivity index (χ3n) is 4.22. The number of phenols is 1. The average molecular weight is 559 g/mol. The van der Waals surface area contributed by atoms with E-state index in [0.717, 1.165) is 3.57 Å². The van der Waals surface area contributed by atoms with Gasteiger partial charge >= 0.3 is 12.1 Å². The number of aromatic hydroxyl groups is 1. The SMILES string of the molecule is CO[C@@H](CCOC(=O)CS)[C@@H](OC(=O)NC(=O)c1ccccc1)c1cc(I)ccc1O.